The minimum atomic E-state index is 0.549. The van der Waals surface area contributed by atoms with Gasteiger partial charge >= 0.3 is 0 Å². The Labute approximate surface area is 163 Å². The molecule has 1 aliphatic carbocycles. The maximum atomic E-state index is 5.08. The number of ether oxygens (including phenoxy) is 1. The predicted octanol–water partition coefficient (Wildman–Crippen LogP) is 3.83. The quantitative estimate of drug-likeness (QED) is 0.715. The summed E-state index contributed by atoms with van der Waals surface area (Å²) < 4.78 is 5.08. The minimum Gasteiger partial charge on any atom is -0.481 e. The first-order chi connectivity index (χ1) is 13.0. The molecule has 0 unspecified atom stereocenters. The Bertz CT molecular complexity index is 876. The summed E-state index contributed by atoms with van der Waals surface area (Å²) in [7, 11) is 1.58. The molecule has 4 rings (SSSR count). The molecule has 1 saturated carbocycles. The largest absolute Gasteiger partial charge is 0.481 e. The topological polar surface area (TPSA) is 85.7 Å². The first kappa shape index (κ1) is 19.2. The van der Waals surface area contributed by atoms with Crippen LogP contribution in [0.4, 0.5) is 5.82 Å². The Morgan fingerprint density at radius 3 is 2.56 bits per heavy atom. The van der Waals surface area contributed by atoms with Crippen LogP contribution in [-0.2, 0) is 6.54 Å². The molecule has 3 aromatic heterocycles. The van der Waals surface area contributed by atoms with Crippen molar-refractivity contribution >= 4 is 17.2 Å². The van der Waals surface area contributed by atoms with Crippen LogP contribution in [0.1, 0.15) is 45.9 Å². The molecule has 27 heavy (non-hydrogen) atoms. The van der Waals surface area contributed by atoms with E-state index in [0.717, 1.165) is 21.8 Å². The molecule has 0 spiro atoms. The molecule has 0 aromatic carbocycles. The van der Waals surface area contributed by atoms with E-state index in [1.54, 1.807) is 24.5 Å². The van der Waals surface area contributed by atoms with E-state index < -0.39 is 0 Å². The number of hydrogen-bond donors (Lipinski definition) is 1. The number of hydrogen-bond acceptors (Lipinski definition) is 8. The fraction of sp³-hybridized carbons (Fsp3) is 0.421. The molecule has 1 aliphatic rings. The molecule has 1 N–H and O–H groups in total. The number of pyridine rings is 1. The maximum absolute atomic E-state index is 5.08. The molecule has 142 valence electrons. The molecule has 1 fully saturated rings. The number of aromatic nitrogens is 5. The third kappa shape index (κ3) is 5.96. The second kappa shape index (κ2) is 8.85. The monoisotopic (exact) mass is 384 g/mol. The van der Waals surface area contributed by atoms with Gasteiger partial charge in [0.25, 0.3) is 0 Å². The Morgan fingerprint density at radius 1 is 1.15 bits per heavy atom. The van der Waals surface area contributed by atoms with Gasteiger partial charge in [-0.3, -0.25) is 4.98 Å². The van der Waals surface area contributed by atoms with Crippen LogP contribution in [-0.4, -0.2) is 32.3 Å². The van der Waals surface area contributed by atoms with E-state index in [2.05, 4.69) is 49.5 Å². The van der Waals surface area contributed by atoms with E-state index in [9.17, 15) is 0 Å². The lowest BCUT2D eigenvalue weighted by molar-refractivity contribution is 0.396. The van der Waals surface area contributed by atoms with Gasteiger partial charge in [-0.25, -0.2) is 4.98 Å². The van der Waals surface area contributed by atoms with Crippen molar-refractivity contribution in [2.45, 2.75) is 46.1 Å². The number of nitrogens with one attached hydrogen (secondary N) is 1. The van der Waals surface area contributed by atoms with Crippen molar-refractivity contribution in [1.82, 2.24) is 25.1 Å². The molecule has 3 heterocycles. The summed E-state index contributed by atoms with van der Waals surface area (Å²) in [5.41, 5.74) is 2.54. The molecule has 0 amide bonds. The van der Waals surface area contributed by atoms with Crippen LogP contribution in [0.2, 0.25) is 0 Å². The fourth-order valence-corrected chi connectivity index (χ4v) is 3.06. The zero-order valence-electron chi connectivity index (χ0n) is 16.1. The van der Waals surface area contributed by atoms with Gasteiger partial charge in [0, 0.05) is 23.9 Å². The van der Waals surface area contributed by atoms with Crippen molar-refractivity contribution in [2.24, 2.45) is 0 Å². The van der Waals surface area contributed by atoms with Gasteiger partial charge in [0.15, 0.2) is 0 Å². The van der Waals surface area contributed by atoms with Gasteiger partial charge in [0.1, 0.15) is 21.7 Å². The van der Waals surface area contributed by atoms with Crippen molar-refractivity contribution in [2.75, 3.05) is 12.4 Å². The molecule has 0 saturated heterocycles. The Kier molecular flexibility index (Phi) is 6.28. The van der Waals surface area contributed by atoms with Crippen LogP contribution in [0.3, 0.4) is 0 Å². The van der Waals surface area contributed by atoms with Crippen LogP contribution in [0.15, 0.2) is 24.4 Å². The number of methoxy groups -OCH3 is 1. The van der Waals surface area contributed by atoms with Gasteiger partial charge in [-0.1, -0.05) is 17.4 Å². The molecule has 3 aromatic rings. The van der Waals surface area contributed by atoms with E-state index in [1.165, 1.54) is 24.1 Å². The summed E-state index contributed by atoms with van der Waals surface area (Å²) in [6.07, 6.45) is 4.64. The molecule has 8 heteroatoms. The highest BCUT2D eigenvalue weighted by atomic mass is 32.1. The van der Waals surface area contributed by atoms with Gasteiger partial charge in [0.05, 0.1) is 13.7 Å². The second-order valence-electron chi connectivity index (χ2n) is 6.45. The Morgan fingerprint density at radius 2 is 1.96 bits per heavy atom. The number of nitrogens with zero attached hydrogens (tertiary/aromatic N) is 5. The minimum absolute atomic E-state index is 0.549. The second-order valence-corrected chi connectivity index (χ2v) is 7.71. The molecule has 0 bridgehead atoms. The van der Waals surface area contributed by atoms with E-state index in [0.29, 0.717) is 18.2 Å². The third-order valence-electron chi connectivity index (χ3n) is 3.94. The molecular weight excluding hydrogens is 360 g/mol. The van der Waals surface area contributed by atoms with Crippen LogP contribution in [0, 0.1) is 20.8 Å². The van der Waals surface area contributed by atoms with E-state index in [4.69, 9.17) is 4.74 Å². The van der Waals surface area contributed by atoms with Crippen molar-refractivity contribution in [3.05, 3.63) is 51.5 Å². The lowest BCUT2D eigenvalue weighted by atomic mass is 10.2. The van der Waals surface area contributed by atoms with Crippen LogP contribution < -0.4 is 10.1 Å². The first-order valence-corrected chi connectivity index (χ1v) is 9.70. The van der Waals surface area contributed by atoms with E-state index >= 15 is 0 Å². The van der Waals surface area contributed by atoms with Crippen molar-refractivity contribution in [3.8, 4) is 5.88 Å². The Balaban J connectivity index is 0.000000177. The van der Waals surface area contributed by atoms with E-state index in [-0.39, 0.29) is 0 Å². The standard InChI is InChI=1S/C10H13N5OS.C9H11N/c1-6-12-8(4-9(13-6)16-3)11-5-10-15-14-7(2)17-10;1-7-2-5-9(10-6-7)8-3-4-8/h4H,5H2,1-3H3,(H,11,12,13);2,5-6,8H,3-4H2,1H3. The number of rotatable bonds is 5. The molecule has 0 aliphatic heterocycles. The fourth-order valence-electron chi connectivity index (χ4n) is 2.41. The summed E-state index contributed by atoms with van der Waals surface area (Å²) in [5.74, 6) is 2.73. The van der Waals surface area contributed by atoms with Crippen LogP contribution in [0.5, 0.6) is 5.88 Å². The summed E-state index contributed by atoms with van der Waals surface area (Å²) in [6.45, 7) is 6.43. The normalized spacial score (nSPS) is 12.9. The maximum Gasteiger partial charge on any atom is 0.218 e. The van der Waals surface area contributed by atoms with Crippen LogP contribution >= 0.6 is 11.3 Å². The van der Waals surface area contributed by atoms with Crippen molar-refractivity contribution in [1.29, 1.82) is 0 Å². The smallest absolute Gasteiger partial charge is 0.218 e. The first-order valence-electron chi connectivity index (χ1n) is 8.88. The molecule has 0 radical (unpaired) electrons. The van der Waals surface area contributed by atoms with Crippen molar-refractivity contribution in [3.63, 3.8) is 0 Å². The number of anilines is 1. The summed E-state index contributed by atoms with van der Waals surface area (Å²) >= 11 is 1.56. The zero-order chi connectivity index (χ0) is 19.2. The summed E-state index contributed by atoms with van der Waals surface area (Å²) in [5, 5.41) is 13.0. The highest BCUT2D eigenvalue weighted by Crippen LogP contribution is 2.38. The van der Waals surface area contributed by atoms with Gasteiger partial charge in [-0.2, -0.15) is 4.98 Å². The Hall–Kier alpha value is -2.61. The van der Waals surface area contributed by atoms with Gasteiger partial charge in [0.2, 0.25) is 5.88 Å². The average molecular weight is 385 g/mol. The van der Waals surface area contributed by atoms with Gasteiger partial charge in [-0.05, 0) is 45.2 Å². The third-order valence-corrected chi connectivity index (χ3v) is 4.78. The lowest BCUT2D eigenvalue weighted by Gasteiger charge is -2.06. The molecule has 7 nitrogen and oxygen atoms in total. The van der Waals surface area contributed by atoms with Gasteiger partial charge < -0.3 is 10.1 Å². The molecular formula is C19H24N6OS. The highest BCUT2D eigenvalue weighted by molar-refractivity contribution is 7.11. The number of aryl methyl sites for hydroxylation is 3. The zero-order valence-corrected chi connectivity index (χ0v) is 16.9. The molecule has 0 atom stereocenters. The lowest BCUT2D eigenvalue weighted by Crippen LogP contribution is -2.03. The summed E-state index contributed by atoms with van der Waals surface area (Å²) in [6, 6.07) is 6.04. The highest BCUT2D eigenvalue weighted by Gasteiger charge is 2.24. The van der Waals surface area contributed by atoms with Crippen molar-refractivity contribution < 1.29 is 4.74 Å². The summed E-state index contributed by atoms with van der Waals surface area (Å²) in [4.78, 5) is 12.7. The van der Waals surface area contributed by atoms with E-state index in [1.807, 2.05) is 20.0 Å². The van der Waals surface area contributed by atoms with Crippen LogP contribution in [0.25, 0.3) is 0 Å². The SMILES string of the molecule is COc1cc(NCc2nnc(C)s2)nc(C)n1.Cc1ccc(C2CC2)nc1. The predicted molar refractivity (Wildman–Crippen MR) is 106 cm³/mol. The average Bonchev–Trinajstić information content (AvgIpc) is 3.42. The van der Waals surface area contributed by atoms with Gasteiger partial charge in [-0.15, -0.1) is 10.2 Å².